The third-order valence-electron chi connectivity index (χ3n) is 9.41. The molecule has 256 valence electrons. The number of hydrogen-bond acceptors (Lipinski definition) is 9. The second kappa shape index (κ2) is 11.2. The van der Waals surface area contributed by atoms with Crippen molar-refractivity contribution in [2.45, 2.75) is 49.6 Å². The predicted molar refractivity (Wildman–Crippen MR) is 160 cm³/mol. The van der Waals surface area contributed by atoms with Gasteiger partial charge in [0.15, 0.2) is 17.2 Å². The zero-order valence-electron chi connectivity index (χ0n) is 25.8. The van der Waals surface area contributed by atoms with Crippen LogP contribution in [-0.4, -0.2) is 79.7 Å². The highest BCUT2D eigenvalue weighted by Gasteiger charge is 2.66. The van der Waals surface area contributed by atoms with Crippen LogP contribution < -0.4 is 5.73 Å². The Morgan fingerprint density at radius 1 is 0.979 bits per heavy atom. The normalized spacial score (nSPS) is 27.8. The number of ketones is 2. The molecule has 0 saturated carbocycles. The second-order valence-corrected chi connectivity index (χ2v) is 12.6. The summed E-state index contributed by atoms with van der Waals surface area (Å²) >= 11 is 0. The maximum atomic E-state index is 14.0. The van der Waals surface area contributed by atoms with Crippen LogP contribution in [-0.2, 0) is 21.7 Å². The Bertz CT molecular complexity index is 1830. The van der Waals surface area contributed by atoms with E-state index in [0.29, 0.717) is 19.1 Å². The molecule has 2 aromatic rings. The first-order chi connectivity index (χ1) is 22.0. The van der Waals surface area contributed by atoms with Crippen molar-refractivity contribution in [3.63, 3.8) is 0 Å². The molecule has 0 radical (unpaired) electrons. The minimum Gasteiger partial charge on any atom is -0.508 e. The number of nitrogens with zero attached hydrogens (tertiary/aromatic N) is 1. The molecule has 10 nitrogen and oxygen atoms in total. The minimum absolute atomic E-state index is 0.141. The molecule has 0 aliphatic heterocycles. The van der Waals surface area contributed by atoms with Gasteiger partial charge < -0.3 is 31.3 Å². The number of benzene rings is 2. The number of aliphatic hydroxyl groups excluding tert-OH is 3. The average molecular weight is 679 g/mol. The van der Waals surface area contributed by atoms with Gasteiger partial charge >= 0.3 is 6.18 Å². The largest absolute Gasteiger partial charge is 0.508 e. The van der Waals surface area contributed by atoms with Crippen molar-refractivity contribution in [3.8, 4) is 5.75 Å². The Balaban J connectivity index is 1.67. The fourth-order valence-electron chi connectivity index (χ4n) is 7.12. The van der Waals surface area contributed by atoms with Gasteiger partial charge in [-0.2, -0.15) is 13.2 Å². The van der Waals surface area contributed by atoms with Gasteiger partial charge in [-0.1, -0.05) is 31.2 Å². The molecule has 0 heterocycles. The summed E-state index contributed by atoms with van der Waals surface area (Å²) in [6.45, 7) is 1.97. The third kappa shape index (κ3) is 5.07. The molecule has 3 aliphatic carbocycles. The number of carbonyl (C=O) groups excluding carboxylic acids is 3. The maximum Gasteiger partial charge on any atom is 0.416 e. The number of primary amides is 1. The van der Waals surface area contributed by atoms with E-state index in [-0.39, 0.29) is 16.7 Å². The monoisotopic (exact) mass is 678 g/mol. The summed E-state index contributed by atoms with van der Waals surface area (Å²) in [6, 6.07) is 2.97. The standard InChI is InChI=1S/C33H31F5N2O8/c1-12-17-8-7-14(6-5-13-9-15(31(2,34)35)11-16(10-13)33(36,37)38)24(41)19(17)25(42)20-18(12)26(43)22-23(40(3)4)27(44)21(30(39)47)29(46)32(22,48)28(20)45/h5-12,18,22-23,26,41,43,45-46,48H,1-4H3,(H2,39,47)/b6-5+/t12-,18+,22+,23-,26-,32-/m0/s1. The van der Waals surface area contributed by atoms with Crippen LogP contribution in [0.4, 0.5) is 22.0 Å². The number of phenolic OH excluding ortho intramolecular Hbond substituents is 1. The van der Waals surface area contributed by atoms with E-state index < -0.39 is 110 Å². The molecule has 48 heavy (non-hydrogen) atoms. The van der Waals surface area contributed by atoms with Gasteiger partial charge in [-0.05, 0) is 49.3 Å². The lowest BCUT2D eigenvalue weighted by molar-refractivity contribution is -0.151. The highest BCUT2D eigenvalue weighted by Crippen LogP contribution is 2.56. The minimum atomic E-state index is -4.94. The molecular weight excluding hydrogens is 647 g/mol. The lowest BCUT2D eigenvalue weighted by Gasteiger charge is -2.53. The Morgan fingerprint density at radius 2 is 1.58 bits per heavy atom. The summed E-state index contributed by atoms with van der Waals surface area (Å²) in [4.78, 5) is 40.7. The summed E-state index contributed by atoms with van der Waals surface area (Å²) in [5.74, 6) is -14.3. The summed E-state index contributed by atoms with van der Waals surface area (Å²) in [5.41, 5.74) is -2.34. The molecule has 3 aliphatic rings. The molecule has 15 heteroatoms. The number of rotatable bonds is 5. The zero-order valence-corrected chi connectivity index (χ0v) is 25.8. The Kier molecular flexibility index (Phi) is 8.13. The number of aromatic hydroxyl groups is 1. The number of amides is 1. The Morgan fingerprint density at radius 3 is 2.12 bits per heavy atom. The molecule has 7 N–H and O–H groups in total. The van der Waals surface area contributed by atoms with E-state index in [1.54, 1.807) is 0 Å². The van der Waals surface area contributed by atoms with Crippen LogP contribution in [0.5, 0.6) is 5.75 Å². The Hall–Kier alpha value is -4.60. The van der Waals surface area contributed by atoms with Gasteiger partial charge in [0, 0.05) is 29.5 Å². The first-order valence-corrected chi connectivity index (χ1v) is 14.5. The lowest BCUT2D eigenvalue weighted by atomic mass is 9.55. The molecule has 0 fully saturated rings. The number of phenols is 1. The molecule has 0 spiro atoms. The van der Waals surface area contributed by atoms with Crippen molar-refractivity contribution >= 4 is 29.6 Å². The third-order valence-corrected chi connectivity index (χ3v) is 9.41. The van der Waals surface area contributed by atoms with Crippen molar-refractivity contribution in [1.82, 2.24) is 4.90 Å². The second-order valence-electron chi connectivity index (χ2n) is 12.6. The predicted octanol–water partition coefficient (Wildman–Crippen LogP) is 3.95. The van der Waals surface area contributed by atoms with Gasteiger partial charge in [0.2, 0.25) is 0 Å². The number of aliphatic hydroxyl groups is 4. The van der Waals surface area contributed by atoms with Gasteiger partial charge in [0.25, 0.3) is 11.8 Å². The average Bonchev–Trinajstić information content (AvgIpc) is 2.97. The summed E-state index contributed by atoms with van der Waals surface area (Å²) in [5, 5.41) is 57.3. The van der Waals surface area contributed by atoms with E-state index >= 15 is 0 Å². The van der Waals surface area contributed by atoms with Gasteiger partial charge in [-0.3, -0.25) is 19.3 Å². The van der Waals surface area contributed by atoms with Crippen LogP contribution in [0, 0.1) is 11.8 Å². The zero-order chi connectivity index (χ0) is 36.0. The fraction of sp³-hybridized carbons (Fsp3) is 0.364. The van der Waals surface area contributed by atoms with Gasteiger partial charge in [0.1, 0.15) is 22.8 Å². The summed E-state index contributed by atoms with van der Waals surface area (Å²) in [7, 11) is 2.78. The Labute approximate surface area is 269 Å². The SMILES string of the molecule is C[C@H]1c2ccc(/C=C/c3cc(C(C)(F)F)cc(C(F)(F)F)c3)c(O)c2C(=O)C2=C(O)[C@]3(O)C(O)=C(C(N)=O)C(=O)[C@@H](N(C)C)[C@@H]3[C@@H](O)[C@@H]21. The molecule has 0 bridgehead atoms. The van der Waals surface area contributed by atoms with Crippen LogP contribution in [0.3, 0.4) is 0 Å². The first kappa shape index (κ1) is 34.7. The quantitative estimate of drug-likeness (QED) is 0.155. The number of nitrogens with two attached hydrogens (primary N) is 1. The van der Waals surface area contributed by atoms with E-state index in [1.807, 2.05) is 0 Å². The molecule has 0 unspecified atom stereocenters. The molecule has 1 amide bonds. The molecular formula is C33H31F5N2O8. The number of carbonyl (C=O) groups is 3. The molecule has 0 saturated heterocycles. The summed E-state index contributed by atoms with van der Waals surface area (Å²) < 4.78 is 68.4. The molecule has 6 atom stereocenters. The number of alkyl halides is 5. The van der Waals surface area contributed by atoms with Gasteiger partial charge in [-0.15, -0.1) is 0 Å². The van der Waals surface area contributed by atoms with Crippen LogP contribution in [0.2, 0.25) is 0 Å². The fourth-order valence-corrected chi connectivity index (χ4v) is 7.12. The van der Waals surface area contributed by atoms with E-state index in [1.165, 1.54) is 38.1 Å². The van der Waals surface area contributed by atoms with Gasteiger partial charge in [-0.25, -0.2) is 8.78 Å². The van der Waals surface area contributed by atoms with E-state index in [4.69, 9.17) is 5.73 Å². The number of halogens is 5. The molecule has 5 rings (SSSR count). The number of Topliss-reactive ketones (excluding diaryl/α,β-unsaturated/α-hetero) is 2. The van der Waals surface area contributed by atoms with Crippen molar-refractivity contribution in [2.75, 3.05) is 14.1 Å². The number of hydrogen-bond donors (Lipinski definition) is 6. The number of fused-ring (bicyclic) bond motifs is 3. The van der Waals surface area contributed by atoms with Crippen LogP contribution in [0.1, 0.15) is 57.9 Å². The van der Waals surface area contributed by atoms with Crippen LogP contribution >= 0.6 is 0 Å². The maximum absolute atomic E-state index is 14.0. The van der Waals surface area contributed by atoms with Crippen molar-refractivity contribution in [1.29, 1.82) is 0 Å². The van der Waals surface area contributed by atoms with Crippen molar-refractivity contribution in [2.24, 2.45) is 17.6 Å². The number of likely N-dealkylation sites (N-methyl/N-ethyl adjacent to an activating group) is 1. The van der Waals surface area contributed by atoms with Crippen molar-refractivity contribution < 1.29 is 61.9 Å². The highest BCUT2D eigenvalue weighted by molar-refractivity contribution is 6.22. The first-order valence-electron chi connectivity index (χ1n) is 14.5. The summed E-state index contributed by atoms with van der Waals surface area (Å²) in [6.07, 6.45) is -4.63. The van der Waals surface area contributed by atoms with E-state index in [2.05, 4.69) is 0 Å². The van der Waals surface area contributed by atoms with Crippen molar-refractivity contribution in [3.05, 3.63) is 86.4 Å². The van der Waals surface area contributed by atoms with E-state index in [0.717, 1.165) is 18.2 Å². The molecule has 2 aromatic carbocycles. The highest BCUT2D eigenvalue weighted by atomic mass is 19.4. The lowest BCUT2D eigenvalue weighted by Crippen LogP contribution is -2.67. The smallest absolute Gasteiger partial charge is 0.416 e. The van der Waals surface area contributed by atoms with Gasteiger partial charge in [0.05, 0.1) is 29.2 Å². The molecule has 0 aromatic heterocycles. The topological polar surface area (TPSA) is 182 Å². The van der Waals surface area contributed by atoms with Crippen LogP contribution in [0.15, 0.2) is 53.0 Å². The van der Waals surface area contributed by atoms with E-state index in [9.17, 15) is 61.9 Å². The van der Waals surface area contributed by atoms with Crippen LogP contribution in [0.25, 0.3) is 12.2 Å².